The van der Waals surface area contributed by atoms with Crippen LogP contribution in [0, 0.1) is 0 Å². The fourth-order valence-corrected chi connectivity index (χ4v) is 5.65. The Bertz CT molecular complexity index is 915. The van der Waals surface area contributed by atoms with Crippen molar-refractivity contribution in [1.82, 2.24) is 5.32 Å². The van der Waals surface area contributed by atoms with Crippen LogP contribution < -0.4 is 5.32 Å². The Labute approximate surface area is 217 Å². The Hall–Kier alpha value is -1.94. The molecule has 0 heterocycles. The summed E-state index contributed by atoms with van der Waals surface area (Å²) >= 11 is 2.01. The van der Waals surface area contributed by atoms with E-state index in [1.807, 2.05) is 32.5 Å². The Morgan fingerprint density at radius 3 is 2.37 bits per heavy atom. The first-order valence-corrected chi connectivity index (χ1v) is 14.8. The van der Waals surface area contributed by atoms with Gasteiger partial charge in [-0.2, -0.15) is 11.8 Å². The fraction of sp³-hybridized carbons (Fsp3) is 0.581. The van der Waals surface area contributed by atoms with Crippen LogP contribution in [0.1, 0.15) is 94.4 Å². The Balaban J connectivity index is 0.000000497. The van der Waals surface area contributed by atoms with Gasteiger partial charge in [-0.3, -0.25) is 0 Å². The van der Waals surface area contributed by atoms with Crippen LogP contribution in [0.3, 0.4) is 0 Å². The Morgan fingerprint density at radius 1 is 1.06 bits per heavy atom. The topological polar surface area (TPSA) is 38.3 Å². The molecule has 2 aliphatic rings. The predicted molar refractivity (Wildman–Crippen MR) is 151 cm³/mol. The van der Waals surface area contributed by atoms with Gasteiger partial charge in [0, 0.05) is 17.2 Å². The third kappa shape index (κ3) is 8.90. The average Bonchev–Trinajstić information content (AvgIpc) is 2.78. The second kappa shape index (κ2) is 13.4. The molecule has 0 saturated heterocycles. The van der Waals surface area contributed by atoms with Crippen LogP contribution in [-0.4, -0.2) is 29.2 Å². The third-order valence-corrected chi connectivity index (χ3v) is 8.16. The smallest absolute Gasteiger partial charge is 0.407 e. The lowest BCUT2D eigenvalue weighted by Gasteiger charge is -2.35. The summed E-state index contributed by atoms with van der Waals surface area (Å²) in [6, 6.07) is 17.7. The zero-order valence-electron chi connectivity index (χ0n) is 22.4. The van der Waals surface area contributed by atoms with E-state index < -0.39 is 5.60 Å². The van der Waals surface area contributed by atoms with Crippen molar-refractivity contribution in [2.75, 3.05) is 6.26 Å². The van der Waals surface area contributed by atoms with Crippen molar-refractivity contribution in [3.63, 3.8) is 0 Å². The number of aryl methyl sites for hydroxylation is 2. The first-order valence-electron chi connectivity index (χ1n) is 13.5. The van der Waals surface area contributed by atoms with Crippen molar-refractivity contribution in [1.29, 1.82) is 0 Å². The summed E-state index contributed by atoms with van der Waals surface area (Å²) in [6.45, 7) is 7.95. The van der Waals surface area contributed by atoms with E-state index in [0.29, 0.717) is 0 Å². The third-order valence-electron chi connectivity index (χ3n) is 7.03. The molecule has 2 aliphatic carbocycles. The molecule has 1 saturated carbocycles. The van der Waals surface area contributed by atoms with E-state index in [-0.39, 0.29) is 18.1 Å². The van der Waals surface area contributed by atoms with E-state index in [1.54, 1.807) is 0 Å². The lowest BCUT2D eigenvalue weighted by Crippen LogP contribution is -2.44. The highest BCUT2D eigenvalue weighted by atomic mass is 32.2. The molecule has 4 heteroatoms. The van der Waals surface area contributed by atoms with Gasteiger partial charge in [-0.05, 0) is 94.2 Å². The highest BCUT2D eigenvalue weighted by molar-refractivity contribution is 7.99. The van der Waals surface area contributed by atoms with Crippen LogP contribution in [0.25, 0.3) is 0 Å². The maximum Gasteiger partial charge on any atom is 0.407 e. The van der Waals surface area contributed by atoms with Gasteiger partial charge in [0.05, 0.1) is 0 Å². The minimum atomic E-state index is -0.487. The number of ether oxygens (including phenoxy) is 1. The van der Waals surface area contributed by atoms with Crippen LogP contribution in [0.15, 0.2) is 48.5 Å². The summed E-state index contributed by atoms with van der Waals surface area (Å²) in [6.07, 6.45) is 12.7. The van der Waals surface area contributed by atoms with E-state index in [4.69, 9.17) is 4.74 Å². The molecule has 0 bridgehead atoms. The van der Waals surface area contributed by atoms with Gasteiger partial charge in [-0.25, -0.2) is 4.79 Å². The molecule has 2 aromatic carbocycles. The van der Waals surface area contributed by atoms with Crippen molar-refractivity contribution >= 4 is 17.9 Å². The SMILES string of the molecule is CCCCc1ccc2c(c1)C(Cc1ccccc1)C(NC(=O)OC(C)(C)C)CC2.CSC1CCC1. The number of alkyl carbamates (subject to hydrolysis) is 1. The van der Waals surface area contributed by atoms with Crippen molar-refractivity contribution in [2.45, 2.75) is 108 Å². The first-order chi connectivity index (χ1) is 16.8. The molecule has 4 rings (SSSR count). The Morgan fingerprint density at radius 2 is 1.80 bits per heavy atom. The van der Waals surface area contributed by atoms with E-state index in [9.17, 15) is 4.79 Å². The van der Waals surface area contributed by atoms with Gasteiger partial charge in [-0.1, -0.05) is 68.3 Å². The van der Waals surface area contributed by atoms with E-state index in [0.717, 1.165) is 30.9 Å². The minimum Gasteiger partial charge on any atom is -0.444 e. The van der Waals surface area contributed by atoms with Crippen LogP contribution in [-0.2, 0) is 24.0 Å². The number of benzene rings is 2. The largest absolute Gasteiger partial charge is 0.444 e. The fourth-order valence-electron chi connectivity index (χ4n) is 4.84. The van der Waals surface area contributed by atoms with Gasteiger partial charge in [0.25, 0.3) is 0 Å². The molecule has 3 nitrogen and oxygen atoms in total. The van der Waals surface area contributed by atoms with Crippen molar-refractivity contribution in [3.8, 4) is 0 Å². The highest BCUT2D eigenvalue weighted by Crippen LogP contribution is 2.36. The summed E-state index contributed by atoms with van der Waals surface area (Å²) in [5.74, 6) is 0.259. The second-order valence-electron chi connectivity index (χ2n) is 11.0. The normalized spacial score (nSPS) is 19.6. The maximum atomic E-state index is 12.5. The van der Waals surface area contributed by atoms with E-state index in [1.165, 1.54) is 54.4 Å². The van der Waals surface area contributed by atoms with Gasteiger partial charge < -0.3 is 10.1 Å². The molecular weight excluding hydrogens is 450 g/mol. The zero-order chi connectivity index (χ0) is 25.3. The molecule has 2 atom stereocenters. The molecule has 1 N–H and O–H groups in total. The number of thioether (sulfide) groups is 1. The second-order valence-corrected chi connectivity index (χ2v) is 12.2. The van der Waals surface area contributed by atoms with Crippen molar-refractivity contribution in [2.24, 2.45) is 0 Å². The lowest BCUT2D eigenvalue weighted by molar-refractivity contribution is 0.0491. The summed E-state index contributed by atoms with van der Waals surface area (Å²) in [5.41, 5.74) is 5.05. The molecule has 0 aliphatic heterocycles. The highest BCUT2D eigenvalue weighted by Gasteiger charge is 2.32. The van der Waals surface area contributed by atoms with E-state index in [2.05, 4.69) is 67.0 Å². The predicted octanol–water partition coefficient (Wildman–Crippen LogP) is 8.10. The van der Waals surface area contributed by atoms with Gasteiger partial charge in [0.1, 0.15) is 5.60 Å². The first kappa shape index (κ1) is 27.6. The molecule has 0 spiro atoms. The molecule has 0 aromatic heterocycles. The van der Waals surface area contributed by atoms with Crippen LogP contribution in [0.2, 0.25) is 0 Å². The molecule has 0 radical (unpaired) electrons. The molecule has 2 unspecified atom stereocenters. The van der Waals surface area contributed by atoms with Gasteiger partial charge in [0.15, 0.2) is 0 Å². The molecule has 35 heavy (non-hydrogen) atoms. The average molecular weight is 496 g/mol. The minimum absolute atomic E-state index is 0.0824. The maximum absolute atomic E-state index is 12.5. The molecular formula is C31H45NO2S. The van der Waals surface area contributed by atoms with E-state index >= 15 is 0 Å². The summed E-state index contributed by atoms with van der Waals surface area (Å²) in [5, 5.41) is 4.22. The van der Waals surface area contributed by atoms with Gasteiger partial charge in [0.2, 0.25) is 0 Å². The number of rotatable bonds is 7. The van der Waals surface area contributed by atoms with Crippen LogP contribution in [0.5, 0.6) is 0 Å². The summed E-state index contributed by atoms with van der Waals surface area (Å²) in [4.78, 5) is 12.5. The molecule has 1 amide bonds. The summed E-state index contributed by atoms with van der Waals surface area (Å²) < 4.78 is 5.55. The number of nitrogens with one attached hydrogen (secondary N) is 1. The number of carbonyl (C=O) groups excluding carboxylic acids is 1. The van der Waals surface area contributed by atoms with Crippen LogP contribution >= 0.6 is 11.8 Å². The zero-order valence-corrected chi connectivity index (χ0v) is 23.3. The number of hydrogen-bond acceptors (Lipinski definition) is 3. The van der Waals surface area contributed by atoms with Gasteiger partial charge in [-0.15, -0.1) is 0 Å². The lowest BCUT2D eigenvalue weighted by atomic mass is 9.75. The quantitative estimate of drug-likeness (QED) is 0.422. The number of unbranched alkanes of at least 4 members (excludes halogenated alkanes) is 1. The standard InChI is InChI=1S/C26H35NO2.C5H10S/c1-5-6-10-20-13-14-21-15-16-24(27-25(28)29-26(2,3)4)23(22(21)17-20)18-19-11-8-7-9-12-19;1-6-5-3-2-4-5/h7-9,11-14,17,23-24H,5-6,10,15-16,18H2,1-4H3,(H,27,28);5H,2-4H2,1H3. The number of carbonyl (C=O) groups is 1. The van der Waals surface area contributed by atoms with Crippen molar-refractivity contribution < 1.29 is 9.53 Å². The van der Waals surface area contributed by atoms with Crippen molar-refractivity contribution in [3.05, 3.63) is 70.8 Å². The number of fused-ring (bicyclic) bond motifs is 1. The number of hydrogen-bond donors (Lipinski definition) is 1. The molecule has 192 valence electrons. The summed E-state index contributed by atoms with van der Waals surface area (Å²) in [7, 11) is 0. The number of amides is 1. The molecule has 1 fully saturated rings. The van der Waals surface area contributed by atoms with Crippen LogP contribution in [0.4, 0.5) is 4.79 Å². The molecule has 2 aromatic rings. The van der Waals surface area contributed by atoms with Gasteiger partial charge >= 0.3 is 6.09 Å². The Kier molecular flexibility index (Phi) is 10.6. The monoisotopic (exact) mass is 495 g/mol.